The normalized spacial score (nSPS) is 12.3. The van der Waals surface area contributed by atoms with Gasteiger partial charge in [0.05, 0.1) is 31.5 Å². The summed E-state index contributed by atoms with van der Waals surface area (Å²) >= 11 is 1.62. The molecule has 0 saturated heterocycles. The van der Waals surface area contributed by atoms with E-state index in [0.717, 1.165) is 33.7 Å². The number of fused-ring (bicyclic) bond motifs is 1. The van der Waals surface area contributed by atoms with Crippen LogP contribution >= 0.6 is 35.3 Å². The first kappa shape index (κ1) is 23.3. The van der Waals surface area contributed by atoms with Crippen molar-refractivity contribution in [1.29, 1.82) is 0 Å². The third-order valence-corrected chi connectivity index (χ3v) is 5.00. The summed E-state index contributed by atoms with van der Waals surface area (Å²) in [6, 6.07) is 6.06. The Labute approximate surface area is 192 Å². The zero-order valence-electron chi connectivity index (χ0n) is 17.1. The minimum atomic E-state index is 0. The number of nitrogens with one attached hydrogen (secondary N) is 2. The Balaban J connectivity index is 0.00000300. The maximum atomic E-state index is 5.73. The first-order valence-corrected chi connectivity index (χ1v) is 10.3. The Morgan fingerprint density at radius 1 is 1.24 bits per heavy atom. The molecule has 29 heavy (non-hydrogen) atoms. The first-order valence-electron chi connectivity index (χ1n) is 9.42. The second-order valence-electron chi connectivity index (χ2n) is 6.19. The van der Waals surface area contributed by atoms with Crippen LogP contribution < -0.4 is 20.1 Å². The molecule has 3 aromatic rings. The van der Waals surface area contributed by atoms with Crippen LogP contribution in [0.1, 0.15) is 38.1 Å². The third kappa shape index (κ3) is 5.99. The minimum absolute atomic E-state index is 0. The SMILES string of the molecule is CCOc1ccc(C(C)NC(=NC)NCc2cn3ccsc3n2)cc1OCC.I. The van der Waals surface area contributed by atoms with Gasteiger partial charge in [-0.2, -0.15) is 0 Å². The van der Waals surface area contributed by atoms with E-state index in [1.165, 1.54) is 0 Å². The lowest BCUT2D eigenvalue weighted by molar-refractivity contribution is 0.287. The highest BCUT2D eigenvalue weighted by molar-refractivity contribution is 14.0. The Kier molecular flexibility index (Phi) is 9.02. The lowest BCUT2D eigenvalue weighted by Crippen LogP contribution is -2.38. The summed E-state index contributed by atoms with van der Waals surface area (Å²) in [5.74, 6) is 2.25. The predicted molar refractivity (Wildman–Crippen MR) is 129 cm³/mol. The summed E-state index contributed by atoms with van der Waals surface area (Å²) in [4.78, 5) is 9.90. The second kappa shape index (κ2) is 11.2. The zero-order valence-corrected chi connectivity index (χ0v) is 20.3. The van der Waals surface area contributed by atoms with Crippen molar-refractivity contribution >= 4 is 46.2 Å². The van der Waals surface area contributed by atoms with Crippen LogP contribution in [0.15, 0.2) is 41.0 Å². The number of halogens is 1. The number of nitrogens with zero attached hydrogens (tertiary/aromatic N) is 3. The van der Waals surface area contributed by atoms with Crippen LogP contribution in [-0.2, 0) is 6.54 Å². The maximum Gasteiger partial charge on any atom is 0.193 e. The molecule has 9 heteroatoms. The average molecular weight is 529 g/mol. The molecule has 1 atom stereocenters. The second-order valence-corrected chi connectivity index (χ2v) is 7.06. The molecule has 7 nitrogen and oxygen atoms in total. The fourth-order valence-electron chi connectivity index (χ4n) is 2.86. The highest BCUT2D eigenvalue weighted by Crippen LogP contribution is 2.30. The fraction of sp³-hybridized carbons (Fsp3) is 0.400. The number of aromatic nitrogens is 2. The van der Waals surface area contributed by atoms with Crippen LogP contribution in [0.25, 0.3) is 4.96 Å². The molecular weight excluding hydrogens is 501 g/mol. The smallest absolute Gasteiger partial charge is 0.193 e. The van der Waals surface area contributed by atoms with Gasteiger partial charge in [0.2, 0.25) is 0 Å². The lowest BCUT2D eigenvalue weighted by atomic mass is 10.1. The van der Waals surface area contributed by atoms with Crippen LogP contribution in [-0.4, -0.2) is 35.6 Å². The van der Waals surface area contributed by atoms with Gasteiger partial charge in [0.25, 0.3) is 0 Å². The monoisotopic (exact) mass is 529 g/mol. The van der Waals surface area contributed by atoms with Gasteiger partial charge >= 0.3 is 0 Å². The van der Waals surface area contributed by atoms with Gasteiger partial charge in [-0.1, -0.05) is 6.07 Å². The number of thiazole rings is 1. The largest absolute Gasteiger partial charge is 0.490 e. The van der Waals surface area contributed by atoms with E-state index in [1.54, 1.807) is 18.4 Å². The zero-order chi connectivity index (χ0) is 19.9. The molecule has 158 valence electrons. The van der Waals surface area contributed by atoms with Crippen LogP contribution in [0, 0.1) is 0 Å². The minimum Gasteiger partial charge on any atom is -0.490 e. The van der Waals surface area contributed by atoms with Gasteiger partial charge in [-0.25, -0.2) is 4.98 Å². The van der Waals surface area contributed by atoms with Gasteiger partial charge in [0.1, 0.15) is 0 Å². The summed E-state index contributed by atoms with van der Waals surface area (Å²) < 4.78 is 13.4. The number of rotatable bonds is 8. The van der Waals surface area contributed by atoms with Gasteiger partial charge in [-0.15, -0.1) is 35.3 Å². The van der Waals surface area contributed by atoms with Gasteiger partial charge in [0.15, 0.2) is 22.4 Å². The summed E-state index contributed by atoms with van der Waals surface area (Å²) in [6.45, 7) is 7.83. The molecule has 0 bridgehead atoms. The molecule has 0 aliphatic heterocycles. The van der Waals surface area contributed by atoms with Gasteiger partial charge in [-0.3, -0.25) is 9.39 Å². The molecule has 0 spiro atoms. The summed E-state index contributed by atoms with van der Waals surface area (Å²) in [5.41, 5.74) is 2.07. The predicted octanol–water partition coefficient (Wildman–Crippen LogP) is 4.24. The fourth-order valence-corrected chi connectivity index (χ4v) is 3.57. The van der Waals surface area contributed by atoms with E-state index in [2.05, 4.69) is 27.5 Å². The number of aliphatic imine (C=N–C) groups is 1. The molecule has 0 aliphatic carbocycles. The van der Waals surface area contributed by atoms with E-state index in [1.807, 2.05) is 54.2 Å². The van der Waals surface area contributed by atoms with E-state index < -0.39 is 0 Å². The standard InChI is InChI=1S/C20H27N5O2S.HI/c1-5-26-17-8-7-15(11-18(17)27-6-2)14(3)23-19(21-4)22-12-16-13-25-9-10-28-20(25)24-16;/h7-11,13-14H,5-6,12H2,1-4H3,(H2,21,22,23);1H. The van der Waals surface area contributed by atoms with Gasteiger partial charge in [-0.05, 0) is 38.5 Å². The van der Waals surface area contributed by atoms with Crippen molar-refractivity contribution in [2.45, 2.75) is 33.4 Å². The Morgan fingerprint density at radius 2 is 2.00 bits per heavy atom. The van der Waals surface area contributed by atoms with Crippen LogP contribution in [0.2, 0.25) is 0 Å². The summed E-state index contributed by atoms with van der Waals surface area (Å²) in [6.07, 6.45) is 4.03. The molecule has 2 heterocycles. The van der Waals surface area contributed by atoms with Crippen molar-refractivity contribution < 1.29 is 9.47 Å². The van der Waals surface area contributed by atoms with Crippen LogP contribution in [0.5, 0.6) is 11.5 Å². The molecule has 3 rings (SSSR count). The number of benzene rings is 1. The number of guanidine groups is 1. The average Bonchev–Trinajstić information content (AvgIpc) is 3.28. The van der Waals surface area contributed by atoms with Crippen LogP contribution in [0.4, 0.5) is 0 Å². The van der Waals surface area contributed by atoms with Crippen molar-refractivity contribution in [3.63, 3.8) is 0 Å². The van der Waals surface area contributed by atoms with E-state index in [9.17, 15) is 0 Å². The number of hydrogen-bond acceptors (Lipinski definition) is 5. The highest BCUT2D eigenvalue weighted by Gasteiger charge is 2.13. The van der Waals surface area contributed by atoms with Gasteiger partial charge in [0, 0.05) is 24.8 Å². The molecule has 2 aromatic heterocycles. The van der Waals surface area contributed by atoms with E-state index in [4.69, 9.17) is 9.47 Å². The van der Waals surface area contributed by atoms with Crippen molar-refractivity contribution in [2.24, 2.45) is 4.99 Å². The topological polar surface area (TPSA) is 72.2 Å². The molecule has 0 radical (unpaired) electrons. The number of ether oxygens (including phenoxy) is 2. The third-order valence-electron chi connectivity index (χ3n) is 4.22. The van der Waals surface area contributed by atoms with E-state index in [0.29, 0.717) is 19.8 Å². The van der Waals surface area contributed by atoms with Crippen molar-refractivity contribution in [3.8, 4) is 11.5 Å². The molecule has 0 amide bonds. The van der Waals surface area contributed by atoms with Crippen molar-refractivity contribution in [1.82, 2.24) is 20.0 Å². The number of imidazole rings is 1. The number of hydrogen-bond donors (Lipinski definition) is 2. The molecule has 1 aromatic carbocycles. The maximum absolute atomic E-state index is 5.73. The van der Waals surface area contributed by atoms with Gasteiger partial charge < -0.3 is 20.1 Å². The molecule has 0 saturated carbocycles. The molecule has 2 N–H and O–H groups in total. The first-order chi connectivity index (χ1) is 13.6. The molecule has 0 aliphatic rings. The highest BCUT2D eigenvalue weighted by atomic mass is 127. The lowest BCUT2D eigenvalue weighted by Gasteiger charge is -2.19. The van der Waals surface area contributed by atoms with Crippen molar-refractivity contribution in [2.75, 3.05) is 20.3 Å². The van der Waals surface area contributed by atoms with E-state index >= 15 is 0 Å². The molecular formula is C20H28IN5O2S. The molecule has 0 fully saturated rings. The summed E-state index contributed by atoms with van der Waals surface area (Å²) in [5, 5.41) is 8.76. The Morgan fingerprint density at radius 3 is 2.69 bits per heavy atom. The van der Waals surface area contributed by atoms with Crippen molar-refractivity contribution in [3.05, 3.63) is 47.2 Å². The van der Waals surface area contributed by atoms with E-state index in [-0.39, 0.29) is 30.0 Å². The Bertz CT molecular complexity index is 911. The Hall–Kier alpha value is -2.01. The molecule has 1 unspecified atom stereocenters. The summed E-state index contributed by atoms with van der Waals surface area (Å²) in [7, 11) is 1.76. The quantitative estimate of drug-likeness (QED) is 0.260. The van der Waals surface area contributed by atoms with Crippen LogP contribution in [0.3, 0.4) is 0 Å².